The van der Waals surface area contributed by atoms with Crippen molar-refractivity contribution in [2.75, 3.05) is 18.1 Å². The predicted molar refractivity (Wildman–Crippen MR) is 127 cm³/mol. The molecular weight excluding hydrogens is 440 g/mol. The van der Waals surface area contributed by atoms with Gasteiger partial charge in [-0.2, -0.15) is 0 Å². The third kappa shape index (κ3) is 6.14. The van der Waals surface area contributed by atoms with E-state index in [4.69, 9.17) is 9.47 Å². The smallest absolute Gasteiger partial charge is 0.419 e. The van der Waals surface area contributed by atoms with Crippen LogP contribution in [0.1, 0.15) is 5.56 Å². The number of hydrogen-bond donors (Lipinski definition) is 1. The first-order valence-corrected chi connectivity index (χ1v) is 11.2. The zero-order valence-corrected chi connectivity index (χ0v) is 18.5. The Morgan fingerprint density at radius 3 is 2.18 bits per heavy atom. The van der Waals surface area contributed by atoms with Gasteiger partial charge in [-0.05, 0) is 42.0 Å². The molecule has 1 aliphatic heterocycles. The third-order valence-corrected chi connectivity index (χ3v) is 5.74. The maximum Gasteiger partial charge on any atom is 0.419 e. The molecule has 33 heavy (non-hydrogen) atoms. The standard InChI is InChI=1S/C25H22N2O5S/c28-23-22(26-24(29)33-23)17-18-11-13-20(14-12-18)31-16-15-27(19-7-3-1-4-8-19)25(30)32-21-9-5-2-6-10-21/h1-14,22H,15-17H2,(H,26,29). The monoisotopic (exact) mass is 462 g/mol. The van der Waals surface area contributed by atoms with E-state index in [1.165, 1.54) is 4.90 Å². The van der Waals surface area contributed by atoms with E-state index >= 15 is 0 Å². The summed E-state index contributed by atoms with van der Waals surface area (Å²) in [4.78, 5) is 37.4. The fraction of sp³-hybridized carbons (Fsp3) is 0.160. The molecule has 3 aromatic rings. The second-order valence-electron chi connectivity index (χ2n) is 7.27. The number of nitrogens with zero attached hydrogens (tertiary/aromatic N) is 1. The number of hydrogen-bond acceptors (Lipinski definition) is 6. The summed E-state index contributed by atoms with van der Waals surface area (Å²) in [6, 6.07) is 25.0. The summed E-state index contributed by atoms with van der Waals surface area (Å²) in [5.74, 6) is 1.11. The van der Waals surface area contributed by atoms with Crippen LogP contribution in [0, 0.1) is 0 Å². The van der Waals surface area contributed by atoms with Crippen molar-refractivity contribution < 1.29 is 23.9 Å². The Morgan fingerprint density at radius 1 is 0.879 bits per heavy atom. The van der Waals surface area contributed by atoms with Crippen molar-refractivity contribution in [3.8, 4) is 11.5 Å². The van der Waals surface area contributed by atoms with Crippen molar-refractivity contribution in [3.63, 3.8) is 0 Å². The summed E-state index contributed by atoms with van der Waals surface area (Å²) in [6.07, 6.45) is -0.0576. The quantitative estimate of drug-likeness (QED) is 0.524. The number of benzene rings is 3. The van der Waals surface area contributed by atoms with E-state index in [1.807, 2.05) is 48.5 Å². The van der Waals surface area contributed by atoms with Gasteiger partial charge in [0.25, 0.3) is 5.24 Å². The summed E-state index contributed by atoms with van der Waals surface area (Å²) >= 11 is 0.709. The minimum absolute atomic E-state index is 0.163. The number of carbonyl (C=O) groups is 3. The number of amides is 2. The first kappa shape index (κ1) is 22.4. The van der Waals surface area contributed by atoms with Crippen LogP contribution in [0.4, 0.5) is 15.3 Å². The van der Waals surface area contributed by atoms with Gasteiger partial charge in [-0.25, -0.2) is 4.79 Å². The van der Waals surface area contributed by atoms with E-state index in [1.54, 1.807) is 36.4 Å². The molecule has 1 heterocycles. The van der Waals surface area contributed by atoms with E-state index in [2.05, 4.69) is 5.32 Å². The van der Waals surface area contributed by atoms with Crippen LogP contribution in [0.25, 0.3) is 0 Å². The molecule has 1 unspecified atom stereocenters. The Morgan fingerprint density at radius 2 is 1.55 bits per heavy atom. The molecule has 0 aliphatic carbocycles. The van der Waals surface area contributed by atoms with Gasteiger partial charge in [0.1, 0.15) is 24.1 Å². The molecule has 7 nitrogen and oxygen atoms in total. The molecule has 0 radical (unpaired) electrons. The van der Waals surface area contributed by atoms with E-state index in [0.29, 0.717) is 35.4 Å². The van der Waals surface area contributed by atoms with Crippen LogP contribution < -0.4 is 19.7 Å². The molecule has 0 spiro atoms. The van der Waals surface area contributed by atoms with Gasteiger partial charge in [-0.1, -0.05) is 48.5 Å². The van der Waals surface area contributed by atoms with Crippen LogP contribution >= 0.6 is 11.8 Å². The second kappa shape index (κ2) is 10.7. The molecule has 0 saturated carbocycles. The molecule has 168 valence electrons. The zero-order chi connectivity index (χ0) is 23.0. The molecule has 3 aromatic carbocycles. The minimum Gasteiger partial charge on any atom is -0.492 e. The molecule has 0 aromatic heterocycles. The maximum absolute atomic E-state index is 12.8. The van der Waals surface area contributed by atoms with Gasteiger partial charge in [-0.3, -0.25) is 14.5 Å². The van der Waals surface area contributed by atoms with Crippen LogP contribution in [-0.2, 0) is 11.2 Å². The number of anilines is 1. The summed E-state index contributed by atoms with van der Waals surface area (Å²) in [6.45, 7) is 0.545. The van der Waals surface area contributed by atoms with Gasteiger partial charge in [0.2, 0.25) is 5.12 Å². The lowest BCUT2D eigenvalue weighted by molar-refractivity contribution is -0.112. The van der Waals surface area contributed by atoms with Gasteiger partial charge in [0, 0.05) is 23.9 Å². The average Bonchev–Trinajstić information content (AvgIpc) is 3.15. The summed E-state index contributed by atoms with van der Waals surface area (Å²) in [5.41, 5.74) is 1.62. The summed E-state index contributed by atoms with van der Waals surface area (Å²) < 4.78 is 11.3. The van der Waals surface area contributed by atoms with E-state index in [0.717, 1.165) is 5.56 Å². The molecule has 1 fully saturated rings. The number of rotatable bonds is 8. The summed E-state index contributed by atoms with van der Waals surface area (Å²) in [7, 11) is 0. The molecule has 1 aliphatic rings. The number of ether oxygens (including phenoxy) is 2. The van der Waals surface area contributed by atoms with Crippen LogP contribution in [-0.4, -0.2) is 35.6 Å². The van der Waals surface area contributed by atoms with E-state index in [-0.39, 0.29) is 23.5 Å². The Kier molecular flexibility index (Phi) is 7.26. The van der Waals surface area contributed by atoms with Crippen LogP contribution in [0.5, 0.6) is 11.5 Å². The minimum atomic E-state index is -0.496. The first-order chi connectivity index (χ1) is 16.1. The lowest BCUT2D eigenvalue weighted by atomic mass is 10.1. The van der Waals surface area contributed by atoms with Crippen molar-refractivity contribution in [1.29, 1.82) is 0 Å². The van der Waals surface area contributed by atoms with Crippen molar-refractivity contribution >= 4 is 33.9 Å². The highest BCUT2D eigenvalue weighted by Gasteiger charge is 2.31. The fourth-order valence-corrected chi connectivity index (χ4v) is 3.99. The fourth-order valence-electron chi connectivity index (χ4n) is 3.32. The van der Waals surface area contributed by atoms with Gasteiger partial charge in [0.15, 0.2) is 0 Å². The molecular formula is C25H22N2O5S. The van der Waals surface area contributed by atoms with Gasteiger partial charge < -0.3 is 14.8 Å². The highest BCUT2D eigenvalue weighted by Crippen LogP contribution is 2.21. The highest BCUT2D eigenvalue weighted by atomic mass is 32.2. The Labute approximate surface area is 195 Å². The molecule has 0 bridgehead atoms. The van der Waals surface area contributed by atoms with Crippen molar-refractivity contribution in [2.24, 2.45) is 0 Å². The number of carbonyl (C=O) groups excluding carboxylic acids is 3. The molecule has 2 amide bonds. The maximum atomic E-state index is 12.8. The predicted octanol–water partition coefficient (Wildman–Crippen LogP) is 4.67. The van der Waals surface area contributed by atoms with Crippen LogP contribution in [0.2, 0.25) is 0 Å². The summed E-state index contributed by atoms with van der Waals surface area (Å²) in [5, 5.41) is 2.18. The Hall–Kier alpha value is -3.78. The zero-order valence-electron chi connectivity index (χ0n) is 17.7. The lowest BCUT2D eigenvalue weighted by Crippen LogP contribution is -2.36. The van der Waals surface area contributed by atoms with Crippen molar-refractivity contribution in [2.45, 2.75) is 12.5 Å². The van der Waals surface area contributed by atoms with E-state index in [9.17, 15) is 14.4 Å². The molecule has 8 heteroatoms. The number of nitrogens with one attached hydrogen (secondary N) is 1. The average molecular weight is 463 g/mol. The second-order valence-corrected chi connectivity index (χ2v) is 8.25. The molecule has 1 N–H and O–H groups in total. The van der Waals surface area contributed by atoms with E-state index < -0.39 is 12.1 Å². The third-order valence-electron chi connectivity index (χ3n) is 4.95. The van der Waals surface area contributed by atoms with Crippen LogP contribution in [0.3, 0.4) is 0 Å². The lowest BCUT2D eigenvalue weighted by Gasteiger charge is -2.22. The number of thioether (sulfide) groups is 1. The SMILES string of the molecule is O=C1NC(Cc2ccc(OCCN(C(=O)Oc3ccccc3)c3ccccc3)cc2)C(=O)S1. The van der Waals surface area contributed by atoms with Gasteiger partial charge in [-0.15, -0.1) is 0 Å². The largest absolute Gasteiger partial charge is 0.492 e. The Bertz CT molecular complexity index is 1110. The highest BCUT2D eigenvalue weighted by molar-refractivity contribution is 8.26. The topological polar surface area (TPSA) is 84.9 Å². The molecule has 1 atom stereocenters. The van der Waals surface area contributed by atoms with Gasteiger partial charge in [0.05, 0.1) is 6.54 Å². The first-order valence-electron chi connectivity index (χ1n) is 10.4. The normalized spacial score (nSPS) is 15.1. The Balaban J connectivity index is 1.34. The van der Waals surface area contributed by atoms with Crippen molar-refractivity contribution in [1.82, 2.24) is 5.32 Å². The van der Waals surface area contributed by atoms with Crippen molar-refractivity contribution in [3.05, 3.63) is 90.5 Å². The number of para-hydroxylation sites is 2. The van der Waals surface area contributed by atoms with Gasteiger partial charge >= 0.3 is 6.09 Å². The van der Waals surface area contributed by atoms with Crippen LogP contribution in [0.15, 0.2) is 84.9 Å². The molecule has 1 saturated heterocycles. The molecule has 4 rings (SSSR count).